The monoisotopic (exact) mass is 517 g/mol. The molecule has 0 aromatic carbocycles. The summed E-state index contributed by atoms with van der Waals surface area (Å²) in [5.74, 6) is -56.9. The standard InChI is InChI=1S/C13H8F17NO/c14-6(15,2-1-5-31-3-4-32-5)7(16,17)8(18,19)9(20,21)10(22,23)11(24,25)12(26,27)13(28,29)30/h1-4H2. The third-order valence-electron chi connectivity index (χ3n) is 4.09. The van der Waals surface area contributed by atoms with Crippen molar-refractivity contribution in [1.29, 1.82) is 0 Å². The molecular formula is C13H8F17NO. The van der Waals surface area contributed by atoms with E-state index in [1.807, 2.05) is 0 Å². The van der Waals surface area contributed by atoms with Crippen LogP contribution in [0.2, 0.25) is 0 Å². The fourth-order valence-corrected chi connectivity index (χ4v) is 2.15. The number of ether oxygens (including phenoxy) is 1. The molecule has 0 unspecified atom stereocenters. The Morgan fingerprint density at radius 2 is 0.938 bits per heavy atom. The molecule has 0 saturated carbocycles. The molecular weight excluding hydrogens is 509 g/mol. The van der Waals surface area contributed by atoms with Crippen molar-refractivity contribution in [2.24, 2.45) is 4.99 Å². The highest BCUT2D eigenvalue weighted by Crippen LogP contribution is 2.64. The molecule has 32 heavy (non-hydrogen) atoms. The van der Waals surface area contributed by atoms with Crippen LogP contribution in [0.4, 0.5) is 74.6 Å². The van der Waals surface area contributed by atoms with E-state index in [9.17, 15) is 74.6 Å². The molecule has 0 N–H and O–H groups in total. The molecule has 2 nitrogen and oxygen atoms in total. The average molecular weight is 517 g/mol. The fraction of sp³-hybridized carbons (Fsp3) is 0.923. The van der Waals surface area contributed by atoms with Gasteiger partial charge in [-0.25, -0.2) is 0 Å². The van der Waals surface area contributed by atoms with Gasteiger partial charge in [-0.15, -0.1) is 0 Å². The van der Waals surface area contributed by atoms with Crippen molar-refractivity contribution in [2.45, 2.75) is 60.5 Å². The van der Waals surface area contributed by atoms with Crippen molar-refractivity contribution in [2.75, 3.05) is 13.2 Å². The molecule has 0 amide bonds. The van der Waals surface area contributed by atoms with E-state index >= 15 is 0 Å². The van der Waals surface area contributed by atoms with E-state index < -0.39 is 66.4 Å². The van der Waals surface area contributed by atoms with E-state index in [2.05, 4.69) is 9.73 Å². The summed E-state index contributed by atoms with van der Waals surface area (Å²) in [6.07, 6.45) is -11.8. The smallest absolute Gasteiger partial charge is 0.460 e. The van der Waals surface area contributed by atoms with Crippen LogP contribution in [-0.4, -0.2) is 66.7 Å². The number of rotatable bonds is 9. The zero-order valence-corrected chi connectivity index (χ0v) is 14.6. The SMILES string of the molecule is FC(F)(F)C(F)(F)C(F)(F)C(F)(F)C(F)(F)C(F)(F)C(F)(F)C(F)(F)CCC1=NCCO1. The predicted octanol–water partition coefficient (Wildman–Crippen LogP) is 6.20. The summed E-state index contributed by atoms with van der Waals surface area (Å²) >= 11 is 0. The minimum atomic E-state index is -8.61. The maximum absolute atomic E-state index is 13.6. The van der Waals surface area contributed by atoms with E-state index in [0.29, 0.717) is 0 Å². The third-order valence-corrected chi connectivity index (χ3v) is 4.09. The summed E-state index contributed by atoms with van der Waals surface area (Å²) in [7, 11) is 0. The van der Waals surface area contributed by atoms with Crippen LogP contribution in [0.1, 0.15) is 12.8 Å². The second-order valence-electron chi connectivity index (χ2n) is 6.27. The first-order valence-corrected chi connectivity index (χ1v) is 7.70. The summed E-state index contributed by atoms with van der Waals surface area (Å²) in [5.41, 5.74) is 0. The molecule has 0 aliphatic carbocycles. The van der Waals surface area contributed by atoms with Crippen LogP contribution in [0, 0.1) is 0 Å². The van der Waals surface area contributed by atoms with E-state index in [1.54, 1.807) is 0 Å². The van der Waals surface area contributed by atoms with Crippen molar-refractivity contribution in [3.8, 4) is 0 Å². The minimum absolute atomic E-state index is 0.222. The van der Waals surface area contributed by atoms with Gasteiger partial charge in [0, 0.05) is 12.8 Å². The molecule has 1 aliphatic rings. The Kier molecular flexibility index (Phi) is 6.78. The van der Waals surface area contributed by atoms with Crippen molar-refractivity contribution < 1.29 is 79.4 Å². The Labute approximate surface area is 165 Å². The highest BCUT2D eigenvalue weighted by atomic mass is 19.4. The molecule has 0 saturated heterocycles. The maximum atomic E-state index is 13.6. The van der Waals surface area contributed by atoms with Gasteiger partial charge in [0.1, 0.15) is 6.61 Å². The van der Waals surface area contributed by atoms with Crippen molar-refractivity contribution >= 4 is 5.90 Å². The molecule has 190 valence electrons. The van der Waals surface area contributed by atoms with E-state index in [0.717, 1.165) is 0 Å². The fourth-order valence-electron chi connectivity index (χ4n) is 2.15. The van der Waals surface area contributed by atoms with Gasteiger partial charge in [0.2, 0.25) is 0 Å². The molecule has 0 bridgehead atoms. The van der Waals surface area contributed by atoms with Crippen molar-refractivity contribution in [3.63, 3.8) is 0 Å². The maximum Gasteiger partial charge on any atom is 0.460 e. The molecule has 0 fully saturated rings. The lowest BCUT2D eigenvalue weighted by Crippen LogP contribution is -2.74. The van der Waals surface area contributed by atoms with Gasteiger partial charge in [0.05, 0.1) is 6.54 Å². The second-order valence-corrected chi connectivity index (χ2v) is 6.27. The zero-order chi connectivity index (χ0) is 25.8. The summed E-state index contributed by atoms with van der Waals surface area (Å²) in [6.45, 7) is -0.513. The Bertz CT molecular complexity index is 722. The molecule has 0 aromatic heterocycles. The number of hydrogen-bond acceptors (Lipinski definition) is 2. The topological polar surface area (TPSA) is 21.6 Å². The van der Waals surface area contributed by atoms with Crippen LogP contribution >= 0.6 is 0 Å². The van der Waals surface area contributed by atoms with Crippen LogP contribution in [0.3, 0.4) is 0 Å². The Balaban J connectivity index is 3.44. The first-order chi connectivity index (χ1) is 13.8. The van der Waals surface area contributed by atoms with Gasteiger partial charge >= 0.3 is 47.6 Å². The third kappa shape index (κ3) is 3.81. The van der Waals surface area contributed by atoms with Crippen molar-refractivity contribution in [3.05, 3.63) is 0 Å². The van der Waals surface area contributed by atoms with Gasteiger partial charge in [-0.1, -0.05) is 0 Å². The van der Waals surface area contributed by atoms with Gasteiger partial charge in [-0.05, 0) is 0 Å². The summed E-state index contributed by atoms with van der Waals surface area (Å²) < 4.78 is 226. The van der Waals surface area contributed by atoms with Crippen LogP contribution in [0.25, 0.3) is 0 Å². The number of halogens is 17. The number of alkyl halides is 17. The van der Waals surface area contributed by atoms with Gasteiger partial charge < -0.3 is 4.74 Å². The highest BCUT2D eigenvalue weighted by molar-refractivity contribution is 5.77. The molecule has 0 atom stereocenters. The minimum Gasteiger partial charge on any atom is -0.479 e. The van der Waals surface area contributed by atoms with Gasteiger partial charge in [0.25, 0.3) is 0 Å². The lowest BCUT2D eigenvalue weighted by atomic mass is 9.88. The Morgan fingerprint density at radius 3 is 1.28 bits per heavy atom. The molecule has 1 rings (SSSR count). The van der Waals surface area contributed by atoms with E-state index in [-0.39, 0.29) is 13.2 Å². The molecule has 0 spiro atoms. The van der Waals surface area contributed by atoms with Crippen LogP contribution in [0.15, 0.2) is 4.99 Å². The summed E-state index contributed by atoms with van der Waals surface area (Å²) in [4.78, 5) is 3.22. The average Bonchev–Trinajstić information content (AvgIpc) is 3.11. The molecule has 1 aliphatic heterocycles. The predicted molar refractivity (Wildman–Crippen MR) is 68.2 cm³/mol. The lowest BCUT2D eigenvalue weighted by molar-refractivity contribution is -0.461. The zero-order valence-electron chi connectivity index (χ0n) is 14.6. The van der Waals surface area contributed by atoms with Crippen LogP contribution < -0.4 is 0 Å². The quantitative estimate of drug-likeness (QED) is 0.334. The second kappa shape index (κ2) is 7.66. The van der Waals surface area contributed by atoms with Crippen LogP contribution in [0.5, 0.6) is 0 Å². The normalized spacial score (nSPS) is 18.0. The van der Waals surface area contributed by atoms with E-state index in [4.69, 9.17) is 0 Å². The highest BCUT2D eigenvalue weighted by Gasteiger charge is 2.95. The number of hydrogen-bond donors (Lipinski definition) is 0. The van der Waals surface area contributed by atoms with Crippen molar-refractivity contribution in [1.82, 2.24) is 0 Å². The number of aliphatic imine (C=N–C) groups is 1. The molecule has 0 aromatic rings. The van der Waals surface area contributed by atoms with Gasteiger partial charge in [-0.3, -0.25) is 4.99 Å². The van der Waals surface area contributed by atoms with Gasteiger partial charge in [0.15, 0.2) is 5.90 Å². The Hall–Kier alpha value is -1.72. The molecule has 19 heteroatoms. The van der Waals surface area contributed by atoms with Crippen LogP contribution in [-0.2, 0) is 4.74 Å². The summed E-state index contributed by atoms with van der Waals surface area (Å²) in [6, 6.07) is 0. The molecule has 1 heterocycles. The molecule has 0 radical (unpaired) electrons. The number of nitrogens with zero attached hydrogens (tertiary/aromatic N) is 1. The first-order valence-electron chi connectivity index (χ1n) is 7.70. The first kappa shape index (κ1) is 28.3. The Morgan fingerprint density at radius 1 is 0.562 bits per heavy atom. The lowest BCUT2D eigenvalue weighted by Gasteiger charge is -2.42. The van der Waals surface area contributed by atoms with E-state index in [1.165, 1.54) is 0 Å². The largest absolute Gasteiger partial charge is 0.479 e. The summed E-state index contributed by atoms with van der Waals surface area (Å²) in [5, 5.41) is 0. The van der Waals surface area contributed by atoms with Gasteiger partial charge in [-0.2, -0.15) is 74.6 Å².